The summed E-state index contributed by atoms with van der Waals surface area (Å²) in [4.78, 5) is 6.64. The van der Waals surface area contributed by atoms with Crippen molar-refractivity contribution in [3.05, 3.63) is 29.6 Å². The van der Waals surface area contributed by atoms with E-state index in [2.05, 4.69) is 30.7 Å². The molecule has 4 nitrogen and oxygen atoms in total. The lowest BCUT2D eigenvalue weighted by Gasteiger charge is -2.33. The zero-order chi connectivity index (χ0) is 14.3. The van der Waals surface area contributed by atoms with Crippen LogP contribution in [-0.4, -0.2) is 43.2 Å². The van der Waals surface area contributed by atoms with Gasteiger partial charge in [-0.25, -0.2) is 0 Å². The van der Waals surface area contributed by atoms with Gasteiger partial charge in [-0.15, -0.1) is 0 Å². The first-order valence-electron chi connectivity index (χ1n) is 6.93. The minimum absolute atomic E-state index is 0.214. The number of pyridine rings is 1. The summed E-state index contributed by atoms with van der Waals surface area (Å²) >= 11 is 0. The van der Waals surface area contributed by atoms with E-state index in [1.54, 1.807) is 7.11 Å². The van der Waals surface area contributed by atoms with Crippen molar-refractivity contribution in [1.29, 1.82) is 0 Å². The Kier molecular flexibility index (Phi) is 6.99. The van der Waals surface area contributed by atoms with Crippen LogP contribution in [0.2, 0.25) is 0 Å². The minimum atomic E-state index is 0.214. The summed E-state index contributed by atoms with van der Waals surface area (Å²) in [5, 5.41) is 0. The Morgan fingerprint density at radius 2 is 2.16 bits per heavy atom. The van der Waals surface area contributed by atoms with Crippen molar-refractivity contribution in [2.24, 2.45) is 11.7 Å². The van der Waals surface area contributed by atoms with E-state index in [0.717, 1.165) is 19.7 Å². The number of rotatable bonds is 8. The van der Waals surface area contributed by atoms with E-state index in [0.29, 0.717) is 12.5 Å². The maximum atomic E-state index is 6.01. The van der Waals surface area contributed by atoms with Crippen LogP contribution in [0.4, 0.5) is 0 Å². The van der Waals surface area contributed by atoms with Crippen molar-refractivity contribution in [3.63, 3.8) is 0 Å². The van der Waals surface area contributed by atoms with Crippen LogP contribution < -0.4 is 5.73 Å². The van der Waals surface area contributed by atoms with Gasteiger partial charge in [-0.1, -0.05) is 13.8 Å². The van der Waals surface area contributed by atoms with Gasteiger partial charge >= 0.3 is 0 Å². The second kappa shape index (κ2) is 8.25. The highest BCUT2D eigenvalue weighted by molar-refractivity contribution is 5.25. The highest BCUT2D eigenvalue weighted by Crippen LogP contribution is 2.22. The molecule has 0 fully saturated rings. The first-order chi connectivity index (χ1) is 9.10. The summed E-state index contributed by atoms with van der Waals surface area (Å²) in [6, 6.07) is 2.26. The van der Waals surface area contributed by atoms with Gasteiger partial charge in [0.1, 0.15) is 0 Å². The molecule has 1 aromatic heterocycles. The SMILES string of the molecule is COCCN(CC(C)C)C(CN)c1cnccc1C. The van der Waals surface area contributed by atoms with Crippen molar-refractivity contribution in [2.45, 2.75) is 26.8 Å². The molecular weight excluding hydrogens is 238 g/mol. The Bertz CT molecular complexity index is 368. The first-order valence-corrected chi connectivity index (χ1v) is 6.93. The fourth-order valence-corrected chi connectivity index (χ4v) is 2.35. The third kappa shape index (κ3) is 4.90. The maximum Gasteiger partial charge on any atom is 0.0589 e. The molecule has 0 bridgehead atoms. The molecule has 108 valence electrons. The van der Waals surface area contributed by atoms with Crippen molar-refractivity contribution < 1.29 is 4.74 Å². The highest BCUT2D eigenvalue weighted by Gasteiger charge is 2.21. The Morgan fingerprint density at radius 1 is 1.42 bits per heavy atom. The van der Waals surface area contributed by atoms with Gasteiger partial charge in [0.05, 0.1) is 6.61 Å². The molecule has 0 saturated carbocycles. The lowest BCUT2D eigenvalue weighted by atomic mass is 10.0. The number of ether oxygens (including phenoxy) is 1. The monoisotopic (exact) mass is 265 g/mol. The molecule has 0 aliphatic heterocycles. The zero-order valence-corrected chi connectivity index (χ0v) is 12.6. The molecule has 0 amide bonds. The molecule has 1 unspecified atom stereocenters. The van der Waals surface area contributed by atoms with Gasteiger partial charge in [0.15, 0.2) is 0 Å². The number of aromatic nitrogens is 1. The van der Waals surface area contributed by atoms with Gasteiger partial charge in [0, 0.05) is 45.2 Å². The van der Waals surface area contributed by atoms with Gasteiger partial charge in [-0.3, -0.25) is 9.88 Å². The fraction of sp³-hybridized carbons (Fsp3) is 0.667. The minimum Gasteiger partial charge on any atom is -0.383 e. The summed E-state index contributed by atoms with van der Waals surface area (Å²) in [6.45, 7) is 9.80. The highest BCUT2D eigenvalue weighted by atomic mass is 16.5. The smallest absolute Gasteiger partial charge is 0.0589 e. The predicted octanol–water partition coefficient (Wildman–Crippen LogP) is 1.99. The summed E-state index contributed by atoms with van der Waals surface area (Å²) in [5.41, 5.74) is 8.48. The van der Waals surface area contributed by atoms with Crippen molar-refractivity contribution in [1.82, 2.24) is 9.88 Å². The van der Waals surface area contributed by atoms with Gasteiger partial charge in [0.25, 0.3) is 0 Å². The van der Waals surface area contributed by atoms with Crippen LogP contribution in [0, 0.1) is 12.8 Å². The molecule has 0 aliphatic rings. The Balaban J connectivity index is 2.91. The molecule has 0 aromatic carbocycles. The number of aryl methyl sites for hydroxylation is 1. The van der Waals surface area contributed by atoms with E-state index in [4.69, 9.17) is 10.5 Å². The summed E-state index contributed by atoms with van der Waals surface area (Å²) in [7, 11) is 1.74. The first kappa shape index (κ1) is 16.1. The van der Waals surface area contributed by atoms with Crippen LogP contribution in [-0.2, 0) is 4.74 Å². The molecule has 1 rings (SSSR count). The second-order valence-electron chi connectivity index (χ2n) is 5.37. The summed E-state index contributed by atoms with van der Waals surface area (Å²) in [6.07, 6.45) is 3.77. The molecule has 1 atom stereocenters. The summed E-state index contributed by atoms with van der Waals surface area (Å²) in [5.74, 6) is 0.600. The molecule has 0 aliphatic carbocycles. The van der Waals surface area contributed by atoms with Crippen molar-refractivity contribution in [2.75, 3.05) is 33.4 Å². The Morgan fingerprint density at radius 3 is 2.68 bits per heavy atom. The van der Waals surface area contributed by atoms with Crippen molar-refractivity contribution >= 4 is 0 Å². The van der Waals surface area contributed by atoms with Crippen LogP contribution in [0.5, 0.6) is 0 Å². The molecule has 19 heavy (non-hydrogen) atoms. The van der Waals surface area contributed by atoms with Gasteiger partial charge < -0.3 is 10.5 Å². The van der Waals surface area contributed by atoms with E-state index in [1.807, 2.05) is 18.5 Å². The Labute approximate surface area is 117 Å². The third-order valence-electron chi connectivity index (χ3n) is 3.28. The third-order valence-corrected chi connectivity index (χ3v) is 3.28. The number of nitrogens with zero attached hydrogens (tertiary/aromatic N) is 2. The van der Waals surface area contributed by atoms with Crippen molar-refractivity contribution in [3.8, 4) is 0 Å². The van der Waals surface area contributed by atoms with Crippen LogP contribution in [0.15, 0.2) is 18.5 Å². The number of hydrogen-bond acceptors (Lipinski definition) is 4. The standard InChI is InChI=1S/C15H27N3O/c1-12(2)11-18(7-8-19-4)15(9-16)14-10-17-6-5-13(14)3/h5-6,10,12,15H,7-9,11,16H2,1-4H3. The molecule has 0 saturated heterocycles. The normalized spacial score (nSPS) is 13.2. The number of nitrogens with two attached hydrogens (primary N) is 1. The van der Waals surface area contributed by atoms with E-state index in [9.17, 15) is 0 Å². The van der Waals surface area contributed by atoms with E-state index < -0.39 is 0 Å². The lowest BCUT2D eigenvalue weighted by molar-refractivity contribution is 0.111. The number of methoxy groups -OCH3 is 1. The van der Waals surface area contributed by atoms with Crippen LogP contribution >= 0.6 is 0 Å². The lowest BCUT2D eigenvalue weighted by Crippen LogP contribution is -2.38. The molecule has 0 radical (unpaired) electrons. The predicted molar refractivity (Wildman–Crippen MR) is 79.1 cm³/mol. The average molecular weight is 265 g/mol. The molecule has 0 spiro atoms. The molecule has 1 aromatic rings. The Hall–Kier alpha value is -0.970. The average Bonchev–Trinajstić information content (AvgIpc) is 2.38. The fourth-order valence-electron chi connectivity index (χ4n) is 2.35. The van der Waals surface area contributed by atoms with Gasteiger partial charge in [-0.2, -0.15) is 0 Å². The van der Waals surface area contributed by atoms with Crippen LogP contribution in [0.3, 0.4) is 0 Å². The van der Waals surface area contributed by atoms with E-state index in [-0.39, 0.29) is 6.04 Å². The molecule has 1 heterocycles. The maximum absolute atomic E-state index is 6.01. The molecule has 2 N–H and O–H groups in total. The topological polar surface area (TPSA) is 51.4 Å². The van der Waals surface area contributed by atoms with Crippen LogP contribution in [0.25, 0.3) is 0 Å². The van der Waals surface area contributed by atoms with Gasteiger partial charge in [0.2, 0.25) is 0 Å². The quantitative estimate of drug-likeness (QED) is 0.781. The zero-order valence-electron chi connectivity index (χ0n) is 12.6. The van der Waals surface area contributed by atoms with Gasteiger partial charge in [-0.05, 0) is 30.0 Å². The summed E-state index contributed by atoms with van der Waals surface area (Å²) < 4.78 is 5.22. The van der Waals surface area contributed by atoms with E-state index >= 15 is 0 Å². The van der Waals surface area contributed by atoms with Crippen LogP contribution in [0.1, 0.15) is 31.0 Å². The number of hydrogen-bond donors (Lipinski definition) is 1. The second-order valence-corrected chi connectivity index (χ2v) is 5.37. The van der Waals surface area contributed by atoms with E-state index in [1.165, 1.54) is 11.1 Å². The molecule has 4 heteroatoms. The largest absolute Gasteiger partial charge is 0.383 e. The molecular formula is C15H27N3O.